The molecular weight excluding hydrogens is 538 g/mol. The van der Waals surface area contributed by atoms with E-state index in [-0.39, 0.29) is 23.8 Å². The van der Waals surface area contributed by atoms with Gasteiger partial charge in [0.1, 0.15) is 5.84 Å². The number of amidine groups is 1. The van der Waals surface area contributed by atoms with Crippen LogP contribution in [0.4, 0.5) is 0 Å². The van der Waals surface area contributed by atoms with Gasteiger partial charge in [-0.15, -0.1) is 0 Å². The Morgan fingerprint density at radius 1 is 1.02 bits per heavy atom. The summed E-state index contributed by atoms with van der Waals surface area (Å²) in [5.74, 6) is 1.73. The number of nitrogens with zero attached hydrogens (tertiary/aromatic N) is 3. The standard InChI is InChI=1S/C36H43N3O4/c1-24-19-28-11-14-34(38-15-17-42-22-25(38)2)37-36(39-16-18-43-23-26(39)3)33(28)13-12-32(24)27-8-6-9-29(20-27)35(41)30-7-4-5-10-31(40)21-30/h6,8-9,11-13,19-20,25-26,30-31,40H,1,4-5,7,10,15-18,21-23H2,2-3H3/t25-,26-,30?,31?/m0/s1. The number of aliphatic hydroxyl groups is 1. The highest BCUT2D eigenvalue weighted by molar-refractivity contribution is 6.06. The average Bonchev–Trinajstić information content (AvgIpc) is 3.41. The molecule has 3 fully saturated rings. The highest BCUT2D eigenvalue weighted by Gasteiger charge is 2.31. The van der Waals surface area contributed by atoms with Crippen molar-refractivity contribution in [3.8, 4) is 0 Å². The summed E-state index contributed by atoms with van der Waals surface area (Å²) in [7, 11) is 0. The Bertz CT molecular complexity index is 1460. The first-order valence-electron chi connectivity index (χ1n) is 15.8. The molecule has 0 bridgehead atoms. The molecule has 0 spiro atoms. The number of aliphatic imine (C=N–C) groups is 1. The Kier molecular flexibility index (Phi) is 8.96. The van der Waals surface area contributed by atoms with Gasteiger partial charge in [0, 0.05) is 30.1 Å². The minimum absolute atomic E-state index is 0.123. The number of aliphatic hydroxyl groups excluding tert-OH is 1. The molecule has 3 heterocycles. The predicted octanol–water partition coefficient (Wildman–Crippen LogP) is 5.47. The van der Waals surface area contributed by atoms with Gasteiger partial charge < -0.3 is 24.4 Å². The van der Waals surface area contributed by atoms with E-state index in [0.717, 1.165) is 78.3 Å². The van der Waals surface area contributed by atoms with E-state index in [0.29, 0.717) is 38.4 Å². The van der Waals surface area contributed by atoms with Crippen LogP contribution >= 0.6 is 0 Å². The van der Waals surface area contributed by atoms with Gasteiger partial charge >= 0.3 is 0 Å². The molecular formula is C36H43N3O4. The van der Waals surface area contributed by atoms with Crippen molar-refractivity contribution in [2.45, 2.75) is 64.1 Å². The molecule has 2 aliphatic carbocycles. The van der Waals surface area contributed by atoms with E-state index in [9.17, 15) is 9.90 Å². The normalized spacial score (nSPS) is 28.3. The molecule has 7 heteroatoms. The number of rotatable bonds is 4. The van der Waals surface area contributed by atoms with E-state index in [1.807, 2.05) is 30.3 Å². The third-order valence-electron chi connectivity index (χ3n) is 9.22. The number of fused-ring (bicyclic) bond motifs is 1. The Morgan fingerprint density at radius 2 is 1.74 bits per heavy atom. The van der Waals surface area contributed by atoms with Gasteiger partial charge in [0.25, 0.3) is 0 Å². The molecule has 2 unspecified atom stereocenters. The van der Waals surface area contributed by atoms with Crippen LogP contribution in [0.3, 0.4) is 0 Å². The lowest BCUT2D eigenvalue weighted by Gasteiger charge is -2.38. The van der Waals surface area contributed by atoms with Crippen LogP contribution in [0.5, 0.6) is 0 Å². The maximum atomic E-state index is 13.5. The van der Waals surface area contributed by atoms with Crippen molar-refractivity contribution >= 4 is 17.2 Å². The summed E-state index contributed by atoms with van der Waals surface area (Å²) in [5.41, 5.74) is 9.03. The molecule has 3 aliphatic heterocycles. The lowest BCUT2D eigenvalue weighted by atomic mass is 9.88. The molecule has 1 aromatic carbocycles. The van der Waals surface area contributed by atoms with E-state index in [2.05, 4.69) is 54.2 Å². The van der Waals surface area contributed by atoms with E-state index in [1.165, 1.54) is 0 Å². The Labute approximate surface area is 255 Å². The predicted molar refractivity (Wildman–Crippen MR) is 170 cm³/mol. The molecule has 7 nitrogen and oxygen atoms in total. The summed E-state index contributed by atoms with van der Waals surface area (Å²) in [4.78, 5) is 23.4. The van der Waals surface area contributed by atoms with Crippen molar-refractivity contribution in [2.75, 3.05) is 39.5 Å². The van der Waals surface area contributed by atoms with E-state index in [1.54, 1.807) is 0 Å². The van der Waals surface area contributed by atoms with Crippen molar-refractivity contribution in [1.29, 1.82) is 0 Å². The quantitative estimate of drug-likeness (QED) is 0.289. The zero-order valence-electron chi connectivity index (χ0n) is 25.4. The number of carbonyl (C=O) groups excluding carboxylic acids is 1. The summed E-state index contributed by atoms with van der Waals surface area (Å²) in [5, 5.41) is 10.3. The van der Waals surface area contributed by atoms with Crippen LogP contribution in [-0.4, -0.2) is 84.2 Å². The molecule has 0 radical (unpaired) electrons. The number of morpholine rings is 2. The Hall–Kier alpha value is -3.48. The minimum Gasteiger partial charge on any atom is -0.393 e. The van der Waals surface area contributed by atoms with E-state index in [4.69, 9.17) is 14.5 Å². The lowest BCUT2D eigenvalue weighted by molar-refractivity contribution is 0.0160. The fourth-order valence-corrected chi connectivity index (χ4v) is 6.75. The zero-order chi connectivity index (χ0) is 29.9. The fraction of sp³-hybridized carbons (Fsp3) is 0.472. The van der Waals surface area contributed by atoms with Gasteiger partial charge in [-0.05, 0) is 73.6 Å². The van der Waals surface area contributed by atoms with Crippen molar-refractivity contribution in [2.24, 2.45) is 10.9 Å². The van der Waals surface area contributed by atoms with E-state index >= 15 is 0 Å². The number of Topliss-reactive ketones (excluding diaryl/α,β-unsaturated/α-hetero) is 1. The number of hydrogen-bond acceptors (Lipinski definition) is 7. The maximum absolute atomic E-state index is 13.5. The van der Waals surface area contributed by atoms with Crippen LogP contribution in [0.25, 0.3) is 5.57 Å². The average molecular weight is 582 g/mol. The summed E-state index contributed by atoms with van der Waals surface area (Å²) >= 11 is 0. The summed E-state index contributed by atoms with van der Waals surface area (Å²) in [6, 6.07) is 8.27. The smallest absolute Gasteiger partial charge is 0.175 e. The number of hydrogen-bond donors (Lipinski definition) is 1. The van der Waals surface area contributed by atoms with Crippen molar-refractivity contribution in [3.63, 3.8) is 0 Å². The first-order chi connectivity index (χ1) is 20.9. The van der Waals surface area contributed by atoms with Crippen LogP contribution in [0.15, 0.2) is 88.4 Å². The minimum atomic E-state index is -0.395. The highest BCUT2D eigenvalue weighted by Crippen LogP contribution is 2.34. The van der Waals surface area contributed by atoms with Crippen molar-refractivity contribution in [3.05, 3.63) is 94.5 Å². The summed E-state index contributed by atoms with van der Waals surface area (Å²) in [6.45, 7) is 13.0. The van der Waals surface area contributed by atoms with Crippen LogP contribution in [0.1, 0.15) is 61.9 Å². The Morgan fingerprint density at radius 3 is 2.51 bits per heavy atom. The van der Waals surface area contributed by atoms with Crippen LogP contribution in [-0.2, 0) is 9.47 Å². The van der Waals surface area contributed by atoms with Crippen molar-refractivity contribution < 1.29 is 19.4 Å². The number of allylic oxidation sites excluding steroid dienone is 6. The largest absolute Gasteiger partial charge is 0.393 e. The molecule has 43 heavy (non-hydrogen) atoms. The topological polar surface area (TPSA) is 74.6 Å². The first-order valence-corrected chi connectivity index (χ1v) is 15.8. The maximum Gasteiger partial charge on any atom is 0.175 e. The molecule has 1 aromatic rings. The third-order valence-corrected chi connectivity index (χ3v) is 9.22. The van der Waals surface area contributed by atoms with Gasteiger partial charge in [0.05, 0.1) is 44.6 Å². The summed E-state index contributed by atoms with van der Waals surface area (Å²) < 4.78 is 11.5. The molecule has 6 rings (SSSR count). The molecule has 226 valence electrons. The number of carbonyl (C=O) groups is 1. The monoisotopic (exact) mass is 581 g/mol. The van der Waals surface area contributed by atoms with Gasteiger partial charge in [0.15, 0.2) is 11.6 Å². The molecule has 1 saturated carbocycles. The molecule has 2 saturated heterocycles. The fourth-order valence-electron chi connectivity index (χ4n) is 6.75. The number of ketones is 1. The Balaban J connectivity index is 1.36. The van der Waals surface area contributed by atoms with Gasteiger partial charge in [-0.1, -0.05) is 55.5 Å². The molecule has 0 aromatic heterocycles. The SMILES string of the molecule is C=C1C=C2C=C=C(N3CCOC[C@@H]3C)N=C(N3CCOC[C@@H]3C)C2=CC=C1c1cccc(C(=O)C2CCCCC(O)C2)c1. The first kappa shape index (κ1) is 29.6. The van der Waals surface area contributed by atoms with E-state index < -0.39 is 6.10 Å². The van der Waals surface area contributed by atoms with Crippen LogP contribution in [0.2, 0.25) is 0 Å². The number of ether oxygens (including phenoxy) is 2. The molecule has 4 atom stereocenters. The van der Waals surface area contributed by atoms with Gasteiger partial charge in [-0.2, -0.15) is 0 Å². The van der Waals surface area contributed by atoms with Crippen molar-refractivity contribution in [1.82, 2.24) is 9.80 Å². The lowest BCUT2D eigenvalue weighted by Crippen LogP contribution is -2.48. The molecule has 1 N–H and O–H groups in total. The van der Waals surface area contributed by atoms with Gasteiger partial charge in [-0.25, -0.2) is 4.99 Å². The second-order valence-corrected chi connectivity index (χ2v) is 12.4. The van der Waals surface area contributed by atoms with Gasteiger partial charge in [-0.3, -0.25) is 4.79 Å². The molecule has 0 amide bonds. The van der Waals surface area contributed by atoms with Gasteiger partial charge in [0.2, 0.25) is 0 Å². The zero-order valence-corrected chi connectivity index (χ0v) is 25.4. The molecule has 5 aliphatic rings. The van der Waals surface area contributed by atoms with Crippen LogP contribution in [0, 0.1) is 5.92 Å². The summed E-state index contributed by atoms with van der Waals surface area (Å²) in [6.07, 6.45) is 12.1. The number of benzene rings is 1. The second-order valence-electron chi connectivity index (χ2n) is 12.4. The third kappa shape index (κ3) is 6.41. The highest BCUT2D eigenvalue weighted by atomic mass is 16.5. The second kappa shape index (κ2) is 13.0. The van der Waals surface area contributed by atoms with Crippen LogP contribution < -0.4 is 0 Å².